The predicted octanol–water partition coefficient (Wildman–Crippen LogP) is 4.23. The highest BCUT2D eigenvalue weighted by Gasteiger charge is 2.17. The first-order valence-corrected chi connectivity index (χ1v) is 6.66. The van der Waals surface area contributed by atoms with Crippen molar-refractivity contribution in [1.82, 2.24) is 0 Å². The molecular weight excluding hydrogens is 226 g/mol. The maximum atomic E-state index is 6.13. The Balaban J connectivity index is 2.47. The number of rotatable bonds is 2. The SMILES string of the molecule is Cc1ccc(C)c(-c2ccc(C(C)(C)N)s2)c1. The van der Waals surface area contributed by atoms with Crippen LogP contribution in [0.5, 0.6) is 0 Å². The van der Waals surface area contributed by atoms with E-state index in [1.165, 1.54) is 26.4 Å². The first-order valence-electron chi connectivity index (χ1n) is 5.85. The third-order valence-electron chi connectivity index (χ3n) is 2.90. The highest BCUT2D eigenvalue weighted by molar-refractivity contribution is 7.15. The van der Waals surface area contributed by atoms with Gasteiger partial charge in [-0.2, -0.15) is 0 Å². The topological polar surface area (TPSA) is 26.0 Å². The lowest BCUT2D eigenvalue weighted by atomic mass is 10.0. The standard InChI is InChI=1S/C15H19NS/c1-10-5-6-11(2)12(9-10)13-7-8-14(17-13)15(3,4)16/h5-9H,16H2,1-4H3. The Morgan fingerprint density at radius 3 is 2.35 bits per heavy atom. The fourth-order valence-corrected chi connectivity index (χ4v) is 2.93. The first-order chi connectivity index (χ1) is 7.88. The molecule has 0 bridgehead atoms. The Labute approximate surface area is 107 Å². The first kappa shape index (κ1) is 12.3. The van der Waals surface area contributed by atoms with Gasteiger partial charge in [0.1, 0.15) is 0 Å². The maximum absolute atomic E-state index is 6.13. The van der Waals surface area contributed by atoms with E-state index in [2.05, 4.69) is 44.2 Å². The van der Waals surface area contributed by atoms with E-state index in [4.69, 9.17) is 5.73 Å². The number of hydrogen-bond donors (Lipinski definition) is 1. The van der Waals surface area contributed by atoms with E-state index >= 15 is 0 Å². The van der Waals surface area contributed by atoms with E-state index in [1.807, 2.05) is 13.8 Å². The van der Waals surface area contributed by atoms with Crippen LogP contribution < -0.4 is 5.73 Å². The Bertz CT molecular complexity index is 532. The van der Waals surface area contributed by atoms with Crippen molar-refractivity contribution in [3.8, 4) is 10.4 Å². The molecule has 2 aromatic rings. The number of benzene rings is 1. The van der Waals surface area contributed by atoms with Crippen molar-refractivity contribution in [3.05, 3.63) is 46.3 Å². The minimum atomic E-state index is -0.249. The molecule has 2 N–H and O–H groups in total. The maximum Gasteiger partial charge on any atom is 0.0446 e. The lowest BCUT2D eigenvalue weighted by Gasteiger charge is -2.15. The summed E-state index contributed by atoms with van der Waals surface area (Å²) < 4.78 is 0. The fraction of sp³-hybridized carbons (Fsp3) is 0.333. The fourth-order valence-electron chi connectivity index (χ4n) is 1.83. The zero-order chi connectivity index (χ0) is 12.6. The molecule has 0 unspecified atom stereocenters. The van der Waals surface area contributed by atoms with Gasteiger partial charge in [0, 0.05) is 15.3 Å². The normalized spacial score (nSPS) is 11.8. The number of aryl methyl sites for hydroxylation is 2. The summed E-state index contributed by atoms with van der Waals surface area (Å²) in [5.74, 6) is 0. The molecule has 1 aromatic heterocycles. The molecule has 2 rings (SSSR count). The van der Waals surface area contributed by atoms with Gasteiger partial charge in [0.25, 0.3) is 0 Å². The second kappa shape index (κ2) is 4.28. The van der Waals surface area contributed by atoms with Crippen molar-refractivity contribution in [2.24, 2.45) is 5.73 Å². The van der Waals surface area contributed by atoms with Crippen LogP contribution in [0.4, 0.5) is 0 Å². The highest BCUT2D eigenvalue weighted by Crippen LogP contribution is 2.34. The summed E-state index contributed by atoms with van der Waals surface area (Å²) in [5.41, 5.74) is 9.82. The molecule has 0 radical (unpaired) electrons. The third-order valence-corrected chi connectivity index (χ3v) is 4.36. The second-order valence-electron chi connectivity index (χ2n) is 5.20. The molecule has 0 saturated heterocycles. The van der Waals surface area contributed by atoms with Gasteiger partial charge in [-0.3, -0.25) is 0 Å². The Hall–Kier alpha value is -1.12. The Kier molecular flexibility index (Phi) is 3.11. The molecule has 0 aliphatic rings. The van der Waals surface area contributed by atoms with Crippen LogP contribution in [0.1, 0.15) is 29.9 Å². The molecule has 1 aromatic carbocycles. The molecule has 0 fully saturated rings. The van der Waals surface area contributed by atoms with E-state index in [0.717, 1.165) is 0 Å². The number of thiophene rings is 1. The summed E-state index contributed by atoms with van der Waals surface area (Å²) in [6.07, 6.45) is 0. The zero-order valence-corrected chi connectivity index (χ0v) is 11.7. The van der Waals surface area contributed by atoms with Gasteiger partial charge in [0.2, 0.25) is 0 Å². The van der Waals surface area contributed by atoms with Crippen molar-refractivity contribution in [3.63, 3.8) is 0 Å². The van der Waals surface area contributed by atoms with E-state index in [0.29, 0.717) is 0 Å². The molecule has 2 heteroatoms. The molecule has 90 valence electrons. The average molecular weight is 245 g/mol. The largest absolute Gasteiger partial charge is 0.321 e. The highest BCUT2D eigenvalue weighted by atomic mass is 32.1. The van der Waals surface area contributed by atoms with Gasteiger partial charge in [0.05, 0.1) is 0 Å². The number of nitrogens with two attached hydrogens (primary N) is 1. The van der Waals surface area contributed by atoms with Crippen molar-refractivity contribution in [2.75, 3.05) is 0 Å². The summed E-state index contributed by atoms with van der Waals surface area (Å²) in [6.45, 7) is 8.38. The van der Waals surface area contributed by atoms with Crippen LogP contribution in [-0.4, -0.2) is 0 Å². The molecule has 1 heterocycles. The molecule has 0 spiro atoms. The van der Waals surface area contributed by atoms with Crippen LogP contribution in [0.2, 0.25) is 0 Å². The van der Waals surface area contributed by atoms with E-state index in [9.17, 15) is 0 Å². The number of hydrogen-bond acceptors (Lipinski definition) is 2. The van der Waals surface area contributed by atoms with Crippen molar-refractivity contribution in [2.45, 2.75) is 33.2 Å². The molecular formula is C15H19NS. The van der Waals surface area contributed by atoms with E-state index < -0.39 is 0 Å². The summed E-state index contributed by atoms with van der Waals surface area (Å²) >= 11 is 1.79. The summed E-state index contributed by atoms with van der Waals surface area (Å²) in [7, 11) is 0. The second-order valence-corrected chi connectivity index (χ2v) is 6.29. The summed E-state index contributed by atoms with van der Waals surface area (Å²) in [6, 6.07) is 10.9. The minimum Gasteiger partial charge on any atom is -0.321 e. The lowest BCUT2D eigenvalue weighted by Crippen LogP contribution is -2.27. The predicted molar refractivity (Wildman–Crippen MR) is 76.4 cm³/mol. The van der Waals surface area contributed by atoms with Crippen molar-refractivity contribution < 1.29 is 0 Å². The molecule has 17 heavy (non-hydrogen) atoms. The molecule has 0 aliphatic heterocycles. The van der Waals surface area contributed by atoms with Crippen LogP contribution in [0.25, 0.3) is 10.4 Å². The van der Waals surface area contributed by atoms with Crippen LogP contribution >= 0.6 is 11.3 Å². The minimum absolute atomic E-state index is 0.249. The smallest absolute Gasteiger partial charge is 0.0446 e. The quantitative estimate of drug-likeness (QED) is 0.842. The van der Waals surface area contributed by atoms with Gasteiger partial charge in [0.15, 0.2) is 0 Å². The van der Waals surface area contributed by atoms with Gasteiger partial charge >= 0.3 is 0 Å². The monoisotopic (exact) mass is 245 g/mol. The van der Waals surface area contributed by atoms with Gasteiger partial charge in [-0.1, -0.05) is 23.8 Å². The summed E-state index contributed by atoms with van der Waals surface area (Å²) in [4.78, 5) is 2.54. The van der Waals surface area contributed by atoms with Crippen molar-refractivity contribution >= 4 is 11.3 Å². The van der Waals surface area contributed by atoms with Crippen LogP contribution in [0.3, 0.4) is 0 Å². The van der Waals surface area contributed by atoms with E-state index in [1.54, 1.807) is 11.3 Å². The lowest BCUT2D eigenvalue weighted by molar-refractivity contribution is 0.567. The van der Waals surface area contributed by atoms with Gasteiger partial charge in [-0.05, 0) is 51.0 Å². The molecule has 0 aliphatic carbocycles. The molecule has 0 saturated carbocycles. The zero-order valence-electron chi connectivity index (χ0n) is 10.9. The average Bonchev–Trinajstić information content (AvgIpc) is 2.70. The Morgan fingerprint density at radius 1 is 1.06 bits per heavy atom. The Morgan fingerprint density at radius 2 is 1.76 bits per heavy atom. The molecule has 0 atom stereocenters. The van der Waals surface area contributed by atoms with Crippen LogP contribution in [-0.2, 0) is 5.54 Å². The van der Waals surface area contributed by atoms with E-state index in [-0.39, 0.29) is 5.54 Å². The van der Waals surface area contributed by atoms with Gasteiger partial charge in [-0.15, -0.1) is 11.3 Å². The molecule has 1 nitrogen and oxygen atoms in total. The van der Waals surface area contributed by atoms with Gasteiger partial charge < -0.3 is 5.73 Å². The third kappa shape index (κ3) is 2.59. The van der Waals surface area contributed by atoms with Crippen LogP contribution in [0, 0.1) is 13.8 Å². The van der Waals surface area contributed by atoms with Crippen molar-refractivity contribution in [1.29, 1.82) is 0 Å². The van der Waals surface area contributed by atoms with Crippen LogP contribution in [0.15, 0.2) is 30.3 Å². The van der Waals surface area contributed by atoms with Gasteiger partial charge in [-0.25, -0.2) is 0 Å². The summed E-state index contributed by atoms with van der Waals surface area (Å²) in [5, 5.41) is 0. The molecule has 0 amide bonds.